The Balaban J connectivity index is 3.05. The molecule has 1 aromatic heterocycles. The summed E-state index contributed by atoms with van der Waals surface area (Å²) in [7, 11) is 1.72. The van der Waals surface area contributed by atoms with Crippen LogP contribution in [0.15, 0.2) is 6.07 Å². The van der Waals surface area contributed by atoms with Crippen LogP contribution in [0.25, 0.3) is 0 Å². The fourth-order valence-electron chi connectivity index (χ4n) is 0.429. The molecule has 39 valence electrons. The molecule has 0 aromatic carbocycles. The summed E-state index contributed by atoms with van der Waals surface area (Å²) in [5.41, 5.74) is 0.410. The van der Waals surface area contributed by atoms with E-state index >= 15 is 0 Å². The van der Waals surface area contributed by atoms with E-state index in [1.807, 2.05) is 6.07 Å². The lowest BCUT2D eigenvalue weighted by Crippen LogP contribution is -1.87. The van der Waals surface area contributed by atoms with Gasteiger partial charge in [-0.3, -0.25) is 4.68 Å². The van der Waals surface area contributed by atoms with Crippen molar-refractivity contribution in [3.8, 4) is 6.07 Å². The smallest absolute Gasteiger partial charge is 0.163 e. The minimum absolute atomic E-state index is 0.410. The van der Waals surface area contributed by atoms with Gasteiger partial charge in [-0.15, -0.1) is 0 Å². The summed E-state index contributed by atoms with van der Waals surface area (Å²) >= 11 is 0. The molecular weight excluding hydrogens is 102 g/mol. The lowest BCUT2D eigenvalue weighted by Gasteiger charge is -1.77. The fraction of sp³-hybridized carbons (Fsp3) is 0.200. The molecule has 1 heterocycles. The Labute approximate surface area is 47.2 Å². The lowest BCUT2D eigenvalue weighted by atomic mass is 10.5. The molecule has 0 saturated carbocycles. The summed E-state index contributed by atoms with van der Waals surface area (Å²) in [5, 5.41) is 11.9. The van der Waals surface area contributed by atoms with Gasteiger partial charge in [0.05, 0.1) is 6.20 Å². The van der Waals surface area contributed by atoms with Gasteiger partial charge >= 0.3 is 0 Å². The number of aryl methyl sites for hydroxylation is 1. The maximum absolute atomic E-state index is 8.21. The Hall–Kier alpha value is -1.30. The zero-order valence-electron chi connectivity index (χ0n) is 4.42. The molecule has 0 N–H and O–H groups in total. The minimum atomic E-state index is 0.410. The van der Waals surface area contributed by atoms with Gasteiger partial charge in [0.2, 0.25) is 0 Å². The monoisotopic (exact) mass is 106 g/mol. The largest absolute Gasteiger partial charge is 0.265 e. The standard InChI is InChI=1S/C5H4N3/c1-8-3-2-5(4-6)7-8/h2H,1H3. The third-order valence-electron chi connectivity index (χ3n) is 0.760. The average Bonchev–Trinajstić information content (AvgIpc) is 2.14. The summed E-state index contributed by atoms with van der Waals surface area (Å²) in [6.45, 7) is 0. The molecule has 0 fully saturated rings. The van der Waals surface area contributed by atoms with Crippen LogP contribution >= 0.6 is 0 Å². The molecule has 3 nitrogen and oxygen atoms in total. The number of rotatable bonds is 0. The minimum Gasteiger partial charge on any atom is -0.265 e. The van der Waals surface area contributed by atoms with Gasteiger partial charge in [-0.2, -0.15) is 10.4 Å². The molecule has 3 heteroatoms. The van der Waals surface area contributed by atoms with E-state index in [2.05, 4.69) is 11.3 Å². The van der Waals surface area contributed by atoms with E-state index in [1.54, 1.807) is 13.1 Å². The SMILES string of the molecule is Cn1[c]cc(C#N)n1. The maximum atomic E-state index is 8.21. The van der Waals surface area contributed by atoms with Crippen LogP contribution in [0, 0.1) is 17.5 Å². The van der Waals surface area contributed by atoms with Gasteiger partial charge in [0, 0.05) is 13.1 Å². The first-order chi connectivity index (χ1) is 3.83. The van der Waals surface area contributed by atoms with Crippen molar-refractivity contribution >= 4 is 0 Å². The van der Waals surface area contributed by atoms with Gasteiger partial charge in [0.15, 0.2) is 5.69 Å². The van der Waals surface area contributed by atoms with Crippen LogP contribution in [0.3, 0.4) is 0 Å². The summed E-state index contributed by atoms with van der Waals surface area (Å²) in [6.07, 6.45) is 2.70. The van der Waals surface area contributed by atoms with Gasteiger partial charge < -0.3 is 0 Å². The highest BCUT2D eigenvalue weighted by atomic mass is 15.2. The van der Waals surface area contributed by atoms with Crippen molar-refractivity contribution in [1.29, 1.82) is 5.26 Å². The van der Waals surface area contributed by atoms with Gasteiger partial charge in [0.25, 0.3) is 0 Å². The molecule has 1 aromatic rings. The highest BCUT2D eigenvalue weighted by Gasteiger charge is 1.89. The molecule has 0 aliphatic heterocycles. The molecule has 0 atom stereocenters. The molecule has 8 heavy (non-hydrogen) atoms. The first kappa shape index (κ1) is 4.85. The molecule has 0 aliphatic carbocycles. The van der Waals surface area contributed by atoms with Crippen molar-refractivity contribution in [2.24, 2.45) is 7.05 Å². The van der Waals surface area contributed by atoms with E-state index < -0.39 is 0 Å². The van der Waals surface area contributed by atoms with Crippen LogP contribution < -0.4 is 0 Å². The Bertz CT molecular complexity index is 218. The summed E-state index contributed by atoms with van der Waals surface area (Å²) < 4.78 is 1.47. The van der Waals surface area contributed by atoms with Gasteiger partial charge in [0.1, 0.15) is 6.07 Å². The number of nitriles is 1. The Morgan fingerprint density at radius 1 is 2.00 bits per heavy atom. The predicted molar refractivity (Wildman–Crippen MR) is 26.8 cm³/mol. The maximum Gasteiger partial charge on any atom is 0.163 e. The molecule has 0 aliphatic rings. The van der Waals surface area contributed by atoms with Gasteiger partial charge in [-0.05, 0) is 0 Å². The van der Waals surface area contributed by atoms with E-state index in [1.165, 1.54) is 4.68 Å². The molecule has 0 saturated heterocycles. The normalized spacial score (nSPS) is 8.50. The molecule has 0 amide bonds. The van der Waals surface area contributed by atoms with Crippen LogP contribution in [0.4, 0.5) is 0 Å². The average molecular weight is 106 g/mol. The van der Waals surface area contributed by atoms with E-state index in [4.69, 9.17) is 5.26 Å². The van der Waals surface area contributed by atoms with Crippen LogP contribution in [0.2, 0.25) is 0 Å². The van der Waals surface area contributed by atoms with E-state index in [0.29, 0.717) is 5.69 Å². The van der Waals surface area contributed by atoms with Crippen molar-refractivity contribution < 1.29 is 0 Å². The quantitative estimate of drug-likeness (QED) is 0.470. The molecular formula is C5H4N3. The number of aromatic nitrogens is 2. The molecule has 1 rings (SSSR count). The fourth-order valence-corrected chi connectivity index (χ4v) is 0.429. The number of hydrogen-bond acceptors (Lipinski definition) is 2. The summed E-state index contributed by atoms with van der Waals surface area (Å²) in [6, 6.07) is 3.43. The van der Waals surface area contributed by atoms with E-state index in [-0.39, 0.29) is 0 Å². The summed E-state index contributed by atoms with van der Waals surface area (Å²) in [4.78, 5) is 0. The lowest BCUT2D eigenvalue weighted by molar-refractivity contribution is 0.757. The van der Waals surface area contributed by atoms with Gasteiger partial charge in [-0.25, -0.2) is 0 Å². The second-order valence-electron chi connectivity index (χ2n) is 1.39. The number of hydrogen-bond donors (Lipinski definition) is 0. The Morgan fingerprint density at radius 3 is 3.00 bits per heavy atom. The van der Waals surface area contributed by atoms with Crippen molar-refractivity contribution in [3.05, 3.63) is 18.0 Å². The third kappa shape index (κ3) is 0.684. The molecule has 0 unspecified atom stereocenters. The van der Waals surface area contributed by atoms with Crippen molar-refractivity contribution in [3.63, 3.8) is 0 Å². The first-order valence-corrected chi connectivity index (χ1v) is 2.15. The zero-order chi connectivity index (χ0) is 5.98. The van der Waals surface area contributed by atoms with E-state index in [9.17, 15) is 0 Å². The molecule has 1 radical (unpaired) electrons. The second kappa shape index (κ2) is 1.66. The molecule has 0 spiro atoms. The van der Waals surface area contributed by atoms with E-state index in [0.717, 1.165) is 0 Å². The Kier molecular flexibility index (Phi) is 1.01. The van der Waals surface area contributed by atoms with Crippen LogP contribution in [-0.4, -0.2) is 9.78 Å². The second-order valence-corrected chi connectivity index (χ2v) is 1.39. The van der Waals surface area contributed by atoms with Crippen molar-refractivity contribution in [2.45, 2.75) is 0 Å². The van der Waals surface area contributed by atoms with Crippen molar-refractivity contribution in [1.82, 2.24) is 9.78 Å². The van der Waals surface area contributed by atoms with Gasteiger partial charge in [-0.1, -0.05) is 0 Å². The van der Waals surface area contributed by atoms with Crippen molar-refractivity contribution in [2.75, 3.05) is 0 Å². The van der Waals surface area contributed by atoms with Crippen LogP contribution in [0.5, 0.6) is 0 Å². The highest BCUT2D eigenvalue weighted by molar-refractivity contribution is 5.15. The Morgan fingerprint density at radius 2 is 2.75 bits per heavy atom. The highest BCUT2D eigenvalue weighted by Crippen LogP contribution is 1.86. The summed E-state index contributed by atoms with van der Waals surface area (Å²) in [5.74, 6) is 0. The first-order valence-electron chi connectivity index (χ1n) is 2.15. The zero-order valence-corrected chi connectivity index (χ0v) is 4.42. The van der Waals surface area contributed by atoms with Crippen LogP contribution in [-0.2, 0) is 7.05 Å². The number of nitrogens with zero attached hydrogens (tertiary/aromatic N) is 3. The van der Waals surface area contributed by atoms with Crippen LogP contribution in [0.1, 0.15) is 5.69 Å². The topological polar surface area (TPSA) is 41.6 Å². The third-order valence-corrected chi connectivity index (χ3v) is 0.760. The molecule has 0 bridgehead atoms. The predicted octanol–water partition coefficient (Wildman–Crippen LogP) is 0.0920.